The normalized spacial score (nSPS) is 14.8. The largest absolute Gasteiger partial charge is 0.460 e. The molecule has 2 aromatic heterocycles. The van der Waals surface area contributed by atoms with Crippen molar-refractivity contribution in [1.82, 2.24) is 9.97 Å². The van der Waals surface area contributed by atoms with Crippen LogP contribution in [0.15, 0.2) is 27.6 Å². The molecule has 210 valence electrons. The van der Waals surface area contributed by atoms with E-state index in [4.69, 9.17) is 13.6 Å². The Labute approximate surface area is 220 Å². The Morgan fingerprint density at radius 1 is 0.946 bits per heavy atom. The molecule has 0 bridgehead atoms. The molecular formula is C28H46N2O7. The molecule has 0 saturated carbocycles. The van der Waals surface area contributed by atoms with Crippen LogP contribution in [0.1, 0.15) is 127 Å². The van der Waals surface area contributed by atoms with Crippen molar-refractivity contribution in [3.05, 3.63) is 36.2 Å². The van der Waals surface area contributed by atoms with Crippen LogP contribution in [0.25, 0.3) is 0 Å². The smallest absolute Gasteiger partial charge is 0.306 e. The average molecular weight is 523 g/mol. The van der Waals surface area contributed by atoms with Crippen molar-refractivity contribution in [2.75, 3.05) is 0 Å². The number of aliphatic hydroxyl groups excluding tert-OH is 3. The van der Waals surface area contributed by atoms with E-state index in [0.29, 0.717) is 18.1 Å². The van der Waals surface area contributed by atoms with Gasteiger partial charge in [-0.25, -0.2) is 9.97 Å². The van der Waals surface area contributed by atoms with Crippen molar-refractivity contribution in [3.63, 3.8) is 0 Å². The molecule has 0 spiro atoms. The number of hydrogen-bond acceptors (Lipinski definition) is 9. The highest BCUT2D eigenvalue weighted by atomic mass is 16.6. The first-order chi connectivity index (χ1) is 17.9. The van der Waals surface area contributed by atoms with Crippen molar-refractivity contribution in [1.29, 1.82) is 0 Å². The Hall–Kier alpha value is -2.23. The van der Waals surface area contributed by atoms with E-state index < -0.39 is 30.4 Å². The summed E-state index contributed by atoms with van der Waals surface area (Å²) >= 11 is 0. The summed E-state index contributed by atoms with van der Waals surface area (Å²) in [4.78, 5) is 20.0. The summed E-state index contributed by atoms with van der Waals surface area (Å²) in [7, 11) is 0. The van der Waals surface area contributed by atoms with Gasteiger partial charge >= 0.3 is 5.97 Å². The highest BCUT2D eigenvalue weighted by molar-refractivity contribution is 5.69. The summed E-state index contributed by atoms with van der Waals surface area (Å²) in [5, 5.41) is 31.1. The molecule has 2 rings (SSSR count). The number of aliphatic hydroxyl groups is 3. The standard InChI is InChI=1S/C28H46N2O7/c1-3-4-5-6-7-8-9-10-11-12-13-14-15-27(33)36-21(2)28(34)24(32)17-23(31)25-19-30-26(37-25)16-22-18-29-20-35-22/h18-21,23-24,28,31-32,34H,3-17H2,1-2H3/t21-,23+,24-,28+/m0/s1. The number of ether oxygens (including phenoxy) is 1. The molecule has 2 heterocycles. The molecule has 0 aliphatic heterocycles. The Morgan fingerprint density at radius 2 is 1.57 bits per heavy atom. The first-order valence-electron chi connectivity index (χ1n) is 14.0. The van der Waals surface area contributed by atoms with Gasteiger partial charge in [-0.2, -0.15) is 0 Å². The van der Waals surface area contributed by atoms with Crippen LogP contribution in [-0.2, 0) is 16.0 Å². The van der Waals surface area contributed by atoms with Gasteiger partial charge < -0.3 is 28.9 Å². The number of rotatable bonds is 21. The third-order valence-corrected chi connectivity index (χ3v) is 6.60. The minimum Gasteiger partial charge on any atom is -0.460 e. The highest BCUT2D eigenvalue weighted by Gasteiger charge is 2.29. The second-order valence-electron chi connectivity index (χ2n) is 9.94. The van der Waals surface area contributed by atoms with Gasteiger partial charge in [0.1, 0.15) is 24.1 Å². The van der Waals surface area contributed by atoms with Gasteiger partial charge in [-0.05, 0) is 13.3 Å². The lowest BCUT2D eigenvalue weighted by Gasteiger charge is -2.25. The molecule has 0 fully saturated rings. The minimum absolute atomic E-state index is 0.164. The van der Waals surface area contributed by atoms with Crippen LogP contribution in [0.3, 0.4) is 0 Å². The third-order valence-electron chi connectivity index (χ3n) is 6.60. The van der Waals surface area contributed by atoms with Gasteiger partial charge in [0.25, 0.3) is 0 Å². The van der Waals surface area contributed by atoms with Crippen molar-refractivity contribution in [2.45, 2.75) is 135 Å². The average Bonchev–Trinajstić information content (AvgIpc) is 3.57. The predicted molar refractivity (Wildman–Crippen MR) is 139 cm³/mol. The number of aromatic nitrogens is 2. The van der Waals surface area contributed by atoms with E-state index in [1.54, 1.807) is 6.20 Å². The Kier molecular flexibility index (Phi) is 15.2. The van der Waals surface area contributed by atoms with Crippen molar-refractivity contribution < 1.29 is 33.7 Å². The fraction of sp³-hybridized carbons (Fsp3) is 0.750. The molecule has 0 saturated heterocycles. The summed E-state index contributed by atoms with van der Waals surface area (Å²) in [6, 6.07) is 0. The van der Waals surface area contributed by atoms with Gasteiger partial charge in [-0.15, -0.1) is 0 Å². The molecule has 0 radical (unpaired) electrons. The quantitative estimate of drug-likeness (QED) is 0.145. The summed E-state index contributed by atoms with van der Waals surface area (Å²) < 4.78 is 15.9. The van der Waals surface area contributed by atoms with E-state index in [1.165, 1.54) is 77.3 Å². The van der Waals surface area contributed by atoms with Crippen LogP contribution in [0.2, 0.25) is 0 Å². The second-order valence-corrected chi connectivity index (χ2v) is 9.94. The van der Waals surface area contributed by atoms with Crippen LogP contribution in [0.4, 0.5) is 0 Å². The fourth-order valence-corrected chi connectivity index (χ4v) is 4.28. The van der Waals surface area contributed by atoms with E-state index >= 15 is 0 Å². The molecule has 9 nitrogen and oxygen atoms in total. The molecule has 2 aromatic rings. The molecule has 0 aliphatic rings. The lowest BCUT2D eigenvalue weighted by atomic mass is 10.0. The Bertz CT molecular complexity index is 839. The van der Waals surface area contributed by atoms with Crippen molar-refractivity contribution >= 4 is 5.97 Å². The molecule has 9 heteroatoms. The topological polar surface area (TPSA) is 139 Å². The van der Waals surface area contributed by atoms with E-state index in [1.807, 2.05) is 0 Å². The van der Waals surface area contributed by atoms with Gasteiger partial charge in [0.05, 0.1) is 24.9 Å². The lowest BCUT2D eigenvalue weighted by molar-refractivity contribution is -0.159. The summed E-state index contributed by atoms with van der Waals surface area (Å²) in [6.07, 6.45) is 14.5. The molecule has 4 atom stereocenters. The number of carbonyl (C=O) groups is 1. The summed E-state index contributed by atoms with van der Waals surface area (Å²) in [6.45, 7) is 3.77. The van der Waals surface area contributed by atoms with Crippen LogP contribution < -0.4 is 0 Å². The third kappa shape index (κ3) is 12.7. The fourth-order valence-electron chi connectivity index (χ4n) is 4.28. The summed E-state index contributed by atoms with van der Waals surface area (Å²) in [5.74, 6) is 0.675. The van der Waals surface area contributed by atoms with Gasteiger partial charge in [-0.3, -0.25) is 4.79 Å². The lowest BCUT2D eigenvalue weighted by Crippen LogP contribution is -2.39. The predicted octanol–water partition coefficient (Wildman–Crippen LogP) is 5.42. The summed E-state index contributed by atoms with van der Waals surface area (Å²) in [5.41, 5.74) is 0. The zero-order valence-electron chi connectivity index (χ0n) is 22.5. The van der Waals surface area contributed by atoms with E-state index in [-0.39, 0.29) is 18.6 Å². The molecule has 0 aliphatic carbocycles. The molecule has 0 aromatic carbocycles. The minimum atomic E-state index is -1.34. The number of oxazole rings is 2. The number of unbranched alkanes of at least 4 members (excludes halogenated alkanes) is 11. The second kappa shape index (κ2) is 18.1. The van der Waals surface area contributed by atoms with Crippen LogP contribution in [0, 0.1) is 0 Å². The number of hydrogen-bond donors (Lipinski definition) is 3. The van der Waals surface area contributed by atoms with Crippen molar-refractivity contribution in [3.8, 4) is 0 Å². The van der Waals surface area contributed by atoms with Crippen LogP contribution in [0.5, 0.6) is 0 Å². The van der Waals surface area contributed by atoms with E-state index in [2.05, 4.69) is 16.9 Å². The van der Waals surface area contributed by atoms with Gasteiger partial charge in [0.2, 0.25) is 5.89 Å². The van der Waals surface area contributed by atoms with Crippen LogP contribution >= 0.6 is 0 Å². The Balaban J connectivity index is 1.55. The van der Waals surface area contributed by atoms with E-state index in [0.717, 1.165) is 19.3 Å². The zero-order valence-corrected chi connectivity index (χ0v) is 22.5. The number of carbonyl (C=O) groups excluding carboxylic acids is 1. The molecule has 3 N–H and O–H groups in total. The molecule has 37 heavy (non-hydrogen) atoms. The number of esters is 1. The maximum atomic E-state index is 12.1. The molecule has 0 unspecified atom stereocenters. The number of nitrogens with zero attached hydrogens (tertiary/aromatic N) is 2. The van der Waals surface area contributed by atoms with Gasteiger partial charge in [0, 0.05) is 12.8 Å². The first-order valence-corrected chi connectivity index (χ1v) is 14.0. The highest BCUT2D eigenvalue weighted by Crippen LogP contribution is 2.23. The van der Waals surface area contributed by atoms with Gasteiger partial charge in [-0.1, -0.05) is 77.6 Å². The zero-order chi connectivity index (χ0) is 26.9. The SMILES string of the molecule is CCCCCCCCCCCCCCC(=O)O[C@@H](C)[C@@H](O)[C@@H](O)C[C@@H](O)c1cnc(Cc2cnco2)o1. The van der Waals surface area contributed by atoms with E-state index in [9.17, 15) is 20.1 Å². The van der Waals surface area contributed by atoms with Crippen molar-refractivity contribution in [2.24, 2.45) is 0 Å². The van der Waals surface area contributed by atoms with Gasteiger partial charge in [0.15, 0.2) is 12.2 Å². The monoisotopic (exact) mass is 522 g/mol. The molecular weight excluding hydrogens is 476 g/mol. The maximum absolute atomic E-state index is 12.1. The first kappa shape index (κ1) is 31.0. The van der Waals surface area contributed by atoms with Crippen LogP contribution in [-0.4, -0.2) is 49.6 Å². The molecule has 0 amide bonds. The Morgan fingerprint density at radius 3 is 2.16 bits per heavy atom. The maximum Gasteiger partial charge on any atom is 0.306 e.